The van der Waals surface area contributed by atoms with Gasteiger partial charge >= 0.3 is 5.97 Å². The Morgan fingerprint density at radius 1 is 0.793 bits per heavy atom. The summed E-state index contributed by atoms with van der Waals surface area (Å²) in [4.78, 5) is 37.6. The van der Waals surface area contributed by atoms with E-state index in [1.54, 1.807) is 48.5 Å². The first kappa shape index (κ1) is 20.0. The summed E-state index contributed by atoms with van der Waals surface area (Å²) in [5, 5.41) is 2.64. The summed E-state index contributed by atoms with van der Waals surface area (Å²) in [5.74, 6) is -1.43. The van der Waals surface area contributed by atoms with E-state index in [4.69, 9.17) is 4.74 Å². The summed E-state index contributed by atoms with van der Waals surface area (Å²) >= 11 is 0. The molecule has 0 aliphatic heterocycles. The molecule has 146 valence electrons. The minimum atomic E-state index is -0.720. The summed E-state index contributed by atoms with van der Waals surface area (Å²) in [6.07, 6.45) is 0. The molecule has 0 radical (unpaired) electrons. The molecule has 3 rings (SSSR count). The van der Waals surface area contributed by atoms with Gasteiger partial charge in [0.05, 0.1) is 5.56 Å². The molecule has 0 heterocycles. The molecule has 1 amide bonds. The van der Waals surface area contributed by atoms with Gasteiger partial charge in [-0.2, -0.15) is 0 Å². The zero-order chi connectivity index (χ0) is 20.8. The average Bonchev–Trinajstić information content (AvgIpc) is 2.74. The van der Waals surface area contributed by atoms with Gasteiger partial charge < -0.3 is 10.1 Å². The monoisotopic (exact) mass is 387 g/mol. The number of amides is 1. The van der Waals surface area contributed by atoms with Crippen molar-refractivity contribution in [2.75, 3.05) is 11.9 Å². The number of nitrogens with one attached hydrogen (secondary N) is 1. The first-order valence-electron chi connectivity index (χ1n) is 9.18. The molecule has 0 aliphatic carbocycles. The van der Waals surface area contributed by atoms with E-state index in [0.29, 0.717) is 11.3 Å². The third kappa shape index (κ3) is 4.96. The fourth-order valence-corrected chi connectivity index (χ4v) is 2.91. The highest BCUT2D eigenvalue weighted by Gasteiger charge is 2.21. The van der Waals surface area contributed by atoms with E-state index in [0.717, 1.165) is 11.1 Å². The van der Waals surface area contributed by atoms with Crippen molar-refractivity contribution in [2.45, 2.75) is 13.8 Å². The fraction of sp³-hybridized carbons (Fsp3) is 0.125. The molecule has 0 saturated heterocycles. The van der Waals surface area contributed by atoms with Gasteiger partial charge in [-0.25, -0.2) is 4.79 Å². The molecular weight excluding hydrogens is 366 g/mol. The second-order valence-corrected chi connectivity index (χ2v) is 6.68. The van der Waals surface area contributed by atoms with Crippen LogP contribution in [0.4, 0.5) is 5.69 Å². The van der Waals surface area contributed by atoms with Gasteiger partial charge in [0.1, 0.15) is 0 Å². The number of aryl methyl sites for hydroxylation is 2. The molecule has 0 aliphatic rings. The molecule has 0 bridgehead atoms. The topological polar surface area (TPSA) is 72.5 Å². The number of anilines is 1. The first-order valence-corrected chi connectivity index (χ1v) is 9.18. The number of carbonyl (C=O) groups excluding carboxylic acids is 3. The number of benzene rings is 3. The van der Waals surface area contributed by atoms with Crippen molar-refractivity contribution in [3.8, 4) is 0 Å². The number of hydrogen-bond acceptors (Lipinski definition) is 4. The third-order valence-electron chi connectivity index (χ3n) is 4.42. The van der Waals surface area contributed by atoms with E-state index in [1.807, 2.05) is 32.0 Å². The Morgan fingerprint density at radius 2 is 1.45 bits per heavy atom. The van der Waals surface area contributed by atoms with Crippen LogP contribution in [-0.4, -0.2) is 24.3 Å². The predicted molar refractivity (Wildman–Crippen MR) is 111 cm³/mol. The van der Waals surface area contributed by atoms with Crippen molar-refractivity contribution in [1.29, 1.82) is 0 Å². The van der Waals surface area contributed by atoms with Gasteiger partial charge in [-0.1, -0.05) is 54.1 Å². The highest BCUT2D eigenvalue weighted by atomic mass is 16.5. The Labute approximate surface area is 169 Å². The molecule has 0 unspecified atom stereocenters. The zero-order valence-electron chi connectivity index (χ0n) is 16.3. The molecule has 0 fully saturated rings. The van der Waals surface area contributed by atoms with Gasteiger partial charge in [0.25, 0.3) is 5.91 Å². The minimum Gasteiger partial charge on any atom is -0.452 e. The summed E-state index contributed by atoms with van der Waals surface area (Å²) in [5.41, 5.74) is 3.30. The van der Waals surface area contributed by atoms with Crippen LogP contribution in [0, 0.1) is 13.8 Å². The lowest BCUT2D eigenvalue weighted by Crippen LogP contribution is -2.22. The quantitative estimate of drug-likeness (QED) is 0.505. The number of carbonyl (C=O) groups is 3. The minimum absolute atomic E-state index is 0.130. The number of para-hydroxylation sites is 1. The van der Waals surface area contributed by atoms with Crippen LogP contribution in [0.15, 0.2) is 72.8 Å². The first-order chi connectivity index (χ1) is 14.0. The largest absolute Gasteiger partial charge is 0.452 e. The van der Waals surface area contributed by atoms with Gasteiger partial charge in [-0.3, -0.25) is 9.59 Å². The molecule has 5 heteroatoms. The maximum atomic E-state index is 13.0. The Kier molecular flexibility index (Phi) is 6.19. The Hall–Kier alpha value is -3.73. The van der Waals surface area contributed by atoms with Gasteiger partial charge in [0.2, 0.25) is 0 Å². The molecule has 1 N–H and O–H groups in total. The van der Waals surface area contributed by atoms with E-state index in [1.165, 1.54) is 6.07 Å². The number of esters is 1. The van der Waals surface area contributed by atoms with Gasteiger partial charge in [-0.15, -0.1) is 0 Å². The summed E-state index contributed by atoms with van der Waals surface area (Å²) in [6, 6.07) is 20.9. The molecule has 0 spiro atoms. The van der Waals surface area contributed by atoms with Gasteiger partial charge in [-0.05, 0) is 43.7 Å². The van der Waals surface area contributed by atoms with Crippen molar-refractivity contribution in [2.24, 2.45) is 0 Å². The molecule has 0 saturated carbocycles. The van der Waals surface area contributed by atoms with Crippen molar-refractivity contribution < 1.29 is 19.1 Å². The van der Waals surface area contributed by atoms with Crippen LogP contribution in [0.1, 0.15) is 37.4 Å². The number of ketones is 1. The fourth-order valence-electron chi connectivity index (χ4n) is 2.91. The molecule has 0 atom stereocenters. The summed E-state index contributed by atoms with van der Waals surface area (Å²) in [6.45, 7) is 3.31. The molecule has 5 nitrogen and oxygen atoms in total. The molecule has 3 aromatic carbocycles. The average molecular weight is 387 g/mol. The SMILES string of the molecule is Cc1ccc(C)c(C(=O)c2ccccc2C(=O)OCC(=O)Nc2ccccc2)c1. The lowest BCUT2D eigenvalue weighted by Gasteiger charge is -2.11. The van der Waals surface area contributed by atoms with Crippen molar-refractivity contribution >= 4 is 23.3 Å². The molecule has 29 heavy (non-hydrogen) atoms. The Bertz CT molecular complexity index is 1060. The van der Waals surface area contributed by atoms with E-state index < -0.39 is 18.5 Å². The van der Waals surface area contributed by atoms with Crippen molar-refractivity contribution in [3.05, 3.63) is 101 Å². The van der Waals surface area contributed by atoms with Crippen LogP contribution in [0.2, 0.25) is 0 Å². The maximum absolute atomic E-state index is 13.0. The number of ether oxygens (including phenoxy) is 1. The Morgan fingerprint density at radius 3 is 2.17 bits per heavy atom. The maximum Gasteiger partial charge on any atom is 0.339 e. The van der Waals surface area contributed by atoms with Crippen LogP contribution >= 0.6 is 0 Å². The van der Waals surface area contributed by atoms with Crippen molar-refractivity contribution in [3.63, 3.8) is 0 Å². The predicted octanol–water partition coefficient (Wildman–Crippen LogP) is 4.33. The zero-order valence-corrected chi connectivity index (χ0v) is 16.3. The second-order valence-electron chi connectivity index (χ2n) is 6.68. The number of hydrogen-bond donors (Lipinski definition) is 1. The normalized spacial score (nSPS) is 10.3. The highest BCUT2D eigenvalue weighted by molar-refractivity contribution is 6.15. The van der Waals surface area contributed by atoms with E-state index in [2.05, 4.69) is 5.32 Å². The molecule has 0 aromatic heterocycles. The standard InChI is InChI=1S/C24H21NO4/c1-16-12-13-17(2)21(14-16)23(27)19-10-6-7-11-20(19)24(28)29-15-22(26)25-18-8-4-3-5-9-18/h3-14H,15H2,1-2H3,(H,25,26). The summed E-state index contributed by atoms with van der Waals surface area (Å²) < 4.78 is 5.14. The summed E-state index contributed by atoms with van der Waals surface area (Å²) in [7, 11) is 0. The van der Waals surface area contributed by atoms with Crippen LogP contribution in [0.25, 0.3) is 0 Å². The van der Waals surface area contributed by atoms with E-state index in [-0.39, 0.29) is 16.9 Å². The van der Waals surface area contributed by atoms with Crippen LogP contribution in [0.5, 0.6) is 0 Å². The van der Waals surface area contributed by atoms with E-state index in [9.17, 15) is 14.4 Å². The second kappa shape index (κ2) is 8.97. The highest BCUT2D eigenvalue weighted by Crippen LogP contribution is 2.19. The van der Waals surface area contributed by atoms with Gasteiger partial charge in [0.15, 0.2) is 12.4 Å². The lowest BCUT2D eigenvalue weighted by atomic mass is 9.94. The van der Waals surface area contributed by atoms with Crippen LogP contribution in [-0.2, 0) is 9.53 Å². The lowest BCUT2D eigenvalue weighted by molar-refractivity contribution is -0.119. The van der Waals surface area contributed by atoms with E-state index >= 15 is 0 Å². The smallest absolute Gasteiger partial charge is 0.339 e. The third-order valence-corrected chi connectivity index (χ3v) is 4.42. The molecule has 3 aromatic rings. The van der Waals surface area contributed by atoms with Crippen LogP contribution < -0.4 is 5.32 Å². The van der Waals surface area contributed by atoms with Crippen molar-refractivity contribution in [1.82, 2.24) is 0 Å². The van der Waals surface area contributed by atoms with Crippen LogP contribution in [0.3, 0.4) is 0 Å². The van der Waals surface area contributed by atoms with Gasteiger partial charge in [0, 0.05) is 16.8 Å². The molecular formula is C24H21NO4. The number of rotatable bonds is 6. The Balaban J connectivity index is 1.74.